The number of aromatic amines is 1. The number of nitrogens with one attached hydrogen (secondary N) is 2. The summed E-state index contributed by atoms with van der Waals surface area (Å²) in [6.07, 6.45) is 4.56. The highest BCUT2D eigenvalue weighted by Gasteiger charge is 2.32. The van der Waals surface area contributed by atoms with Crippen molar-refractivity contribution < 1.29 is 4.74 Å². The summed E-state index contributed by atoms with van der Waals surface area (Å²) in [6, 6.07) is 7.03. The van der Waals surface area contributed by atoms with E-state index < -0.39 is 0 Å². The average molecular weight is 378 g/mol. The predicted molar refractivity (Wildman–Crippen MR) is 96.7 cm³/mol. The van der Waals surface area contributed by atoms with Gasteiger partial charge in [-0.3, -0.25) is 4.90 Å². The van der Waals surface area contributed by atoms with Crippen LogP contribution in [-0.2, 0) is 4.74 Å². The number of benzene rings is 1. The Morgan fingerprint density at radius 3 is 2.74 bits per heavy atom. The largest absolute Gasteiger partial charge is 0.381 e. The van der Waals surface area contributed by atoms with Crippen molar-refractivity contribution in [2.24, 2.45) is 5.92 Å². The van der Waals surface area contributed by atoms with E-state index in [1.165, 1.54) is 16.5 Å². The Kier molecular flexibility index (Phi) is 4.71. The van der Waals surface area contributed by atoms with Gasteiger partial charge in [0.05, 0.1) is 0 Å². The highest BCUT2D eigenvalue weighted by molar-refractivity contribution is 9.10. The fourth-order valence-electron chi connectivity index (χ4n) is 4.10. The minimum absolute atomic E-state index is 0.490. The number of ether oxygens (including phenoxy) is 1. The molecule has 3 heterocycles. The number of aromatic nitrogens is 1. The minimum Gasteiger partial charge on any atom is -0.381 e. The quantitative estimate of drug-likeness (QED) is 0.861. The molecule has 2 aliphatic rings. The molecule has 0 saturated carbocycles. The summed E-state index contributed by atoms with van der Waals surface area (Å²) in [6.45, 7) is 6.24. The van der Waals surface area contributed by atoms with Gasteiger partial charge in [0.1, 0.15) is 0 Å². The molecule has 1 aromatic carbocycles. The Bertz CT molecular complexity index is 641. The van der Waals surface area contributed by atoms with Gasteiger partial charge in [0, 0.05) is 67.0 Å². The lowest BCUT2D eigenvalue weighted by molar-refractivity contribution is 0.0217. The van der Waals surface area contributed by atoms with E-state index in [1.807, 2.05) is 0 Å². The lowest BCUT2D eigenvalue weighted by atomic mass is 9.85. The fourth-order valence-corrected chi connectivity index (χ4v) is 4.46. The first-order valence-electron chi connectivity index (χ1n) is 8.62. The zero-order valence-electron chi connectivity index (χ0n) is 13.4. The molecule has 0 radical (unpaired) electrons. The summed E-state index contributed by atoms with van der Waals surface area (Å²) in [5.74, 6) is 0.680. The van der Waals surface area contributed by atoms with E-state index in [9.17, 15) is 0 Å². The number of rotatable bonds is 3. The number of H-pyrrole nitrogens is 1. The molecule has 0 unspecified atom stereocenters. The van der Waals surface area contributed by atoms with Crippen molar-refractivity contribution in [3.05, 3.63) is 34.4 Å². The molecule has 0 bridgehead atoms. The van der Waals surface area contributed by atoms with Crippen LogP contribution in [0.3, 0.4) is 0 Å². The van der Waals surface area contributed by atoms with Crippen LogP contribution in [0, 0.1) is 5.92 Å². The molecular weight excluding hydrogens is 354 g/mol. The SMILES string of the molecule is Brc1ccc2[nH]cc([C@@H](C3CCOCC3)N3CCNCC3)c2c1. The smallest absolute Gasteiger partial charge is 0.0469 e. The van der Waals surface area contributed by atoms with Crippen molar-refractivity contribution in [1.29, 1.82) is 0 Å². The van der Waals surface area contributed by atoms with Crippen LogP contribution in [0.4, 0.5) is 0 Å². The van der Waals surface area contributed by atoms with Crippen LogP contribution in [-0.4, -0.2) is 49.3 Å². The van der Waals surface area contributed by atoms with Crippen LogP contribution in [0.1, 0.15) is 24.4 Å². The first-order chi connectivity index (χ1) is 11.3. The van der Waals surface area contributed by atoms with Crippen LogP contribution in [0.25, 0.3) is 10.9 Å². The van der Waals surface area contributed by atoms with Crippen molar-refractivity contribution in [3.63, 3.8) is 0 Å². The molecule has 23 heavy (non-hydrogen) atoms. The third-order valence-electron chi connectivity index (χ3n) is 5.25. The number of piperazine rings is 1. The maximum absolute atomic E-state index is 5.61. The molecular formula is C18H24BrN3O. The van der Waals surface area contributed by atoms with Crippen molar-refractivity contribution in [2.75, 3.05) is 39.4 Å². The Balaban J connectivity index is 1.74. The molecule has 4 nitrogen and oxygen atoms in total. The maximum Gasteiger partial charge on any atom is 0.0469 e. The van der Waals surface area contributed by atoms with E-state index in [-0.39, 0.29) is 0 Å². The van der Waals surface area contributed by atoms with E-state index in [1.54, 1.807) is 0 Å². The van der Waals surface area contributed by atoms with Crippen LogP contribution < -0.4 is 5.32 Å². The zero-order chi connectivity index (χ0) is 15.6. The lowest BCUT2D eigenvalue weighted by Gasteiger charge is -2.40. The molecule has 0 aliphatic carbocycles. The normalized spacial score (nSPS) is 22.5. The summed E-state index contributed by atoms with van der Waals surface area (Å²) in [5.41, 5.74) is 2.69. The van der Waals surface area contributed by atoms with Crippen molar-refractivity contribution >= 4 is 26.8 Å². The Morgan fingerprint density at radius 1 is 1.17 bits per heavy atom. The summed E-state index contributed by atoms with van der Waals surface area (Å²) < 4.78 is 6.76. The summed E-state index contributed by atoms with van der Waals surface area (Å²) in [7, 11) is 0. The second-order valence-corrected chi connectivity index (χ2v) is 7.53. The van der Waals surface area contributed by atoms with Gasteiger partial charge in [0.2, 0.25) is 0 Å². The summed E-state index contributed by atoms with van der Waals surface area (Å²) >= 11 is 3.63. The van der Waals surface area contributed by atoms with Gasteiger partial charge in [-0.05, 0) is 42.5 Å². The molecule has 4 rings (SSSR count). The molecule has 2 aliphatic heterocycles. The van der Waals surface area contributed by atoms with E-state index in [2.05, 4.69) is 55.5 Å². The van der Waals surface area contributed by atoms with Crippen molar-refractivity contribution in [3.8, 4) is 0 Å². The van der Waals surface area contributed by atoms with E-state index >= 15 is 0 Å². The molecule has 2 aromatic rings. The van der Waals surface area contributed by atoms with Crippen molar-refractivity contribution in [2.45, 2.75) is 18.9 Å². The van der Waals surface area contributed by atoms with Gasteiger partial charge < -0.3 is 15.0 Å². The molecule has 5 heteroatoms. The first kappa shape index (κ1) is 15.6. The second kappa shape index (κ2) is 6.93. The molecule has 2 saturated heterocycles. The molecule has 124 valence electrons. The summed E-state index contributed by atoms with van der Waals surface area (Å²) in [4.78, 5) is 6.16. The second-order valence-electron chi connectivity index (χ2n) is 6.61. The number of halogens is 1. The van der Waals surface area contributed by atoms with Crippen LogP contribution in [0.5, 0.6) is 0 Å². The highest BCUT2D eigenvalue weighted by atomic mass is 79.9. The van der Waals surface area contributed by atoms with E-state index in [4.69, 9.17) is 4.74 Å². The van der Waals surface area contributed by atoms with Gasteiger partial charge >= 0.3 is 0 Å². The molecule has 1 aromatic heterocycles. The Hall–Kier alpha value is -0.880. The fraction of sp³-hybridized carbons (Fsp3) is 0.556. The van der Waals surface area contributed by atoms with Gasteiger partial charge in [-0.25, -0.2) is 0 Å². The maximum atomic E-state index is 5.61. The van der Waals surface area contributed by atoms with Crippen LogP contribution >= 0.6 is 15.9 Å². The number of nitrogens with zero attached hydrogens (tertiary/aromatic N) is 1. The summed E-state index contributed by atoms with van der Waals surface area (Å²) in [5, 5.41) is 4.84. The van der Waals surface area contributed by atoms with E-state index in [0.717, 1.165) is 56.7 Å². The predicted octanol–water partition coefficient (Wildman–Crippen LogP) is 3.30. The topological polar surface area (TPSA) is 40.3 Å². The number of fused-ring (bicyclic) bond motifs is 1. The third-order valence-corrected chi connectivity index (χ3v) is 5.75. The van der Waals surface area contributed by atoms with Gasteiger partial charge in [0.25, 0.3) is 0 Å². The first-order valence-corrected chi connectivity index (χ1v) is 9.41. The Morgan fingerprint density at radius 2 is 1.96 bits per heavy atom. The van der Waals surface area contributed by atoms with Gasteiger partial charge in [0.15, 0.2) is 0 Å². The molecule has 1 atom stereocenters. The molecule has 2 N–H and O–H groups in total. The highest BCUT2D eigenvalue weighted by Crippen LogP contribution is 2.39. The monoisotopic (exact) mass is 377 g/mol. The van der Waals surface area contributed by atoms with Gasteiger partial charge in [-0.15, -0.1) is 0 Å². The average Bonchev–Trinajstić information content (AvgIpc) is 3.00. The Labute approximate surface area is 145 Å². The van der Waals surface area contributed by atoms with Gasteiger partial charge in [-0.1, -0.05) is 15.9 Å². The van der Waals surface area contributed by atoms with Gasteiger partial charge in [-0.2, -0.15) is 0 Å². The van der Waals surface area contributed by atoms with Crippen LogP contribution in [0.2, 0.25) is 0 Å². The zero-order valence-corrected chi connectivity index (χ0v) is 14.9. The minimum atomic E-state index is 0.490. The van der Waals surface area contributed by atoms with E-state index in [0.29, 0.717) is 12.0 Å². The number of hydrogen-bond acceptors (Lipinski definition) is 3. The molecule has 0 amide bonds. The standard InChI is InChI=1S/C18H24BrN3O/c19-14-1-2-17-15(11-14)16(12-21-17)18(13-3-9-23-10-4-13)22-7-5-20-6-8-22/h1-2,11-13,18,20-21H,3-10H2/t18-/m1/s1. The molecule has 2 fully saturated rings. The van der Waals surface area contributed by atoms with Crippen LogP contribution in [0.15, 0.2) is 28.9 Å². The number of hydrogen-bond donors (Lipinski definition) is 2. The van der Waals surface area contributed by atoms with Crippen molar-refractivity contribution in [1.82, 2.24) is 15.2 Å². The lowest BCUT2D eigenvalue weighted by Crippen LogP contribution is -2.47. The molecule has 0 spiro atoms. The third kappa shape index (κ3) is 3.20.